The highest BCUT2D eigenvalue weighted by molar-refractivity contribution is 6.06. The minimum Gasteiger partial charge on any atom is -0.496 e. The lowest BCUT2D eigenvalue weighted by molar-refractivity contribution is -0.274. The molecule has 0 saturated carbocycles. The van der Waals surface area contributed by atoms with Crippen molar-refractivity contribution in [3.63, 3.8) is 0 Å². The summed E-state index contributed by atoms with van der Waals surface area (Å²) in [5.41, 5.74) is 6.28. The van der Waals surface area contributed by atoms with Gasteiger partial charge in [0.05, 0.1) is 13.4 Å². The molecule has 0 saturated heterocycles. The van der Waals surface area contributed by atoms with Crippen molar-refractivity contribution >= 4 is 28.1 Å². The molecule has 0 unspecified atom stereocenters. The number of methoxy groups -OCH3 is 1. The number of hydrogen-bond donors (Lipinski definition) is 1. The molecule has 4 aromatic rings. The van der Waals surface area contributed by atoms with Crippen LogP contribution in [0.4, 0.5) is 18.9 Å². The highest BCUT2D eigenvalue weighted by Crippen LogP contribution is 2.40. The number of nitrogens with one attached hydrogen (secondary N) is 1. The molecule has 8 heteroatoms. The standard InChI is InChI=1S/C28H24F3NO4/c1-16-5-7-19(8-6-16)24-15-35-27-18(3)26(34-4)22(14-23(24)27)17(2)13-25(33)32-20-9-11-21(12-10-20)36-28(29,30)31/h5-15H,1-4H3,(H,32,33)/b17-13+. The second-order valence-electron chi connectivity index (χ2n) is 8.36. The number of amides is 1. The number of fused-ring (bicyclic) bond motifs is 1. The Bertz CT molecular complexity index is 1430. The van der Waals surface area contributed by atoms with Gasteiger partial charge in [-0.1, -0.05) is 29.8 Å². The zero-order valence-electron chi connectivity index (χ0n) is 20.1. The number of aryl methyl sites for hydroxylation is 2. The molecule has 0 spiro atoms. The summed E-state index contributed by atoms with van der Waals surface area (Å²) in [6, 6.07) is 15.0. The first-order valence-corrected chi connectivity index (χ1v) is 11.1. The molecule has 1 aromatic heterocycles. The summed E-state index contributed by atoms with van der Waals surface area (Å²) in [6.45, 7) is 5.70. The second-order valence-corrected chi connectivity index (χ2v) is 8.36. The Kier molecular flexibility index (Phi) is 6.79. The maximum absolute atomic E-state index is 12.7. The van der Waals surface area contributed by atoms with Crippen LogP contribution in [0.1, 0.15) is 23.6 Å². The predicted molar refractivity (Wildman–Crippen MR) is 133 cm³/mol. The van der Waals surface area contributed by atoms with Crippen LogP contribution >= 0.6 is 0 Å². The molecule has 0 aliphatic rings. The van der Waals surface area contributed by atoms with Crippen molar-refractivity contribution in [2.45, 2.75) is 27.1 Å². The molecule has 5 nitrogen and oxygen atoms in total. The van der Waals surface area contributed by atoms with Gasteiger partial charge in [0.1, 0.15) is 17.1 Å². The van der Waals surface area contributed by atoms with Crippen molar-refractivity contribution in [3.8, 4) is 22.6 Å². The topological polar surface area (TPSA) is 60.7 Å². The lowest BCUT2D eigenvalue weighted by Crippen LogP contribution is -2.17. The maximum atomic E-state index is 12.7. The maximum Gasteiger partial charge on any atom is 0.573 e. The van der Waals surface area contributed by atoms with Crippen LogP contribution < -0.4 is 14.8 Å². The number of allylic oxidation sites excluding steroid dienone is 1. The zero-order chi connectivity index (χ0) is 26.0. The molecule has 0 aliphatic heterocycles. The molecular weight excluding hydrogens is 471 g/mol. The van der Waals surface area contributed by atoms with Crippen molar-refractivity contribution in [1.29, 1.82) is 0 Å². The number of rotatable bonds is 6. The fourth-order valence-corrected chi connectivity index (χ4v) is 4.02. The third-order valence-corrected chi connectivity index (χ3v) is 5.74. The number of carbonyl (C=O) groups excluding carboxylic acids is 1. The van der Waals surface area contributed by atoms with Gasteiger partial charge >= 0.3 is 6.36 Å². The Morgan fingerprint density at radius 1 is 1.03 bits per heavy atom. The Balaban J connectivity index is 1.64. The lowest BCUT2D eigenvalue weighted by Gasteiger charge is -2.13. The minimum absolute atomic E-state index is 0.327. The van der Waals surface area contributed by atoms with E-state index in [-0.39, 0.29) is 5.75 Å². The van der Waals surface area contributed by atoms with Gasteiger partial charge in [-0.15, -0.1) is 13.2 Å². The number of alkyl halides is 3. The third-order valence-electron chi connectivity index (χ3n) is 5.74. The summed E-state index contributed by atoms with van der Waals surface area (Å²) in [6.07, 6.45) is -1.66. The summed E-state index contributed by atoms with van der Waals surface area (Å²) in [5.74, 6) is -0.226. The largest absolute Gasteiger partial charge is 0.573 e. The molecule has 0 bridgehead atoms. The van der Waals surface area contributed by atoms with E-state index in [0.29, 0.717) is 22.6 Å². The van der Waals surface area contributed by atoms with Crippen LogP contribution in [-0.2, 0) is 4.79 Å². The monoisotopic (exact) mass is 495 g/mol. The van der Waals surface area contributed by atoms with E-state index >= 15 is 0 Å². The fraction of sp³-hybridized carbons (Fsp3) is 0.179. The van der Waals surface area contributed by atoms with E-state index in [4.69, 9.17) is 9.15 Å². The van der Waals surface area contributed by atoms with Gasteiger partial charge in [-0.3, -0.25) is 4.79 Å². The van der Waals surface area contributed by atoms with Crippen LogP contribution in [0, 0.1) is 13.8 Å². The Morgan fingerprint density at radius 2 is 1.69 bits per heavy atom. The second kappa shape index (κ2) is 9.81. The molecule has 4 rings (SSSR count). The van der Waals surface area contributed by atoms with E-state index in [1.165, 1.54) is 18.2 Å². The van der Waals surface area contributed by atoms with Gasteiger partial charge in [-0.2, -0.15) is 0 Å². The van der Waals surface area contributed by atoms with Gasteiger partial charge in [-0.25, -0.2) is 0 Å². The van der Waals surface area contributed by atoms with Crippen LogP contribution in [0.5, 0.6) is 11.5 Å². The number of anilines is 1. The van der Waals surface area contributed by atoms with Crippen LogP contribution in [0.25, 0.3) is 27.7 Å². The summed E-state index contributed by atoms with van der Waals surface area (Å²) in [4.78, 5) is 12.7. The molecule has 186 valence electrons. The molecule has 0 atom stereocenters. The smallest absolute Gasteiger partial charge is 0.496 e. The van der Waals surface area contributed by atoms with Gasteiger partial charge in [0.25, 0.3) is 0 Å². The first kappa shape index (κ1) is 24.9. The summed E-state index contributed by atoms with van der Waals surface area (Å²) in [7, 11) is 1.55. The average Bonchev–Trinajstić information content (AvgIpc) is 3.24. The summed E-state index contributed by atoms with van der Waals surface area (Å²) >= 11 is 0. The van der Waals surface area contributed by atoms with Crippen LogP contribution in [-0.4, -0.2) is 19.4 Å². The van der Waals surface area contributed by atoms with Gasteiger partial charge < -0.3 is 19.2 Å². The van der Waals surface area contributed by atoms with Crippen molar-refractivity contribution < 1.29 is 31.9 Å². The molecular formula is C28H24F3NO4. The first-order valence-electron chi connectivity index (χ1n) is 11.1. The van der Waals surface area contributed by atoms with Crippen LogP contribution in [0.15, 0.2) is 71.4 Å². The van der Waals surface area contributed by atoms with Crippen molar-refractivity contribution in [3.05, 3.63) is 83.6 Å². The summed E-state index contributed by atoms with van der Waals surface area (Å²) < 4.78 is 52.4. The number of halogens is 3. The Morgan fingerprint density at radius 3 is 2.31 bits per heavy atom. The highest BCUT2D eigenvalue weighted by Gasteiger charge is 2.31. The molecule has 0 radical (unpaired) electrons. The normalized spacial score (nSPS) is 12.0. The number of ether oxygens (including phenoxy) is 2. The molecule has 1 N–H and O–H groups in total. The predicted octanol–water partition coefficient (Wildman–Crippen LogP) is 7.67. The average molecular weight is 495 g/mol. The van der Waals surface area contributed by atoms with E-state index in [0.717, 1.165) is 45.3 Å². The molecule has 1 amide bonds. The van der Waals surface area contributed by atoms with Crippen molar-refractivity contribution in [2.75, 3.05) is 12.4 Å². The van der Waals surface area contributed by atoms with E-state index < -0.39 is 12.3 Å². The molecule has 0 aliphatic carbocycles. The minimum atomic E-state index is -4.78. The van der Waals surface area contributed by atoms with E-state index in [2.05, 4.69) is 10.1 Å². The van der Waals surface area contributed by atoms with E-state index in [1.54, 1.807) is 20.3 Å². The highest BCUT2D eigenvalue weighted by atomic mass is 19.4. The van der Waals surface area contributed by atoms with Gasteiger partial charge in [0, 0.05) is 33.8 Å². The number of carbonyl (C=O) groups is 1. The molecule has 0 fully saturated rings. The van der Waals surface area contributed by atoms with Crippen molar-refractivity contribution in [2.24, 2.45) is 0 Å². The third kappa shape index (κ3) is 5.38. The van der Waals surface area contributed by atoms with Gasteiger partial charge in [0.2, 0.25) is 5.91 Å². The number of furan rings is 1. The van der Waals surface area contributed by atoms with Gasteiger partial charge in [-0.05, 0) is 62.2 Å². The van der Waals surface area contributed by atoms with Gasteiger partial charge in [0.15, 0.2) is 0 Å². The number of benzene rings is 3. The number of hydrogen-bond acceptors (Lipinski definition) is 4. The molecule has 3 aromatic carbocycles. The lowest BCUT2D eigenvalue weighted by atomic mass is 9.96. The molecule has 1 heterocycles. The van der Waals surface area contributed by atoms with E-state index in [1.807, 2.05) is 44.2 Å². The van der Waals surface area contributed by atoms with Crippen molar-refractivity contribution in [1.82, 2.24) is 0 Å². The Hall–Kier alpha value is -4.20. The van der Waals surface area contributed by atoms with Crippen LogP contribution in [0.3, 0.4) is 0 Å². The summed E-state index contributed by atoms with van der Waals surface area (Å²) in [5, 5.41) is 3.54. The van der Waals surface area contributed by atoms with E-state index in [9.17, 15) is 18.0 Å². The fourth-order valence-electron chi connectivity index (χ4n) is 4.02. The molecule has 36 heavy (non-hydrogen) atoms. The van der Waals surface area contributed by atoms with Crippen LogP contribution in [0.2, 0.25) is 0 Å². The Labute approximate surface area is 206 Å². The quantitative estimate of drug-likeness (QED) is 0.279. The first-order chi connectivity index (χ1) is 17.1. The zero-order valence-corrected chi connectivity index (χ0v) is 20.1. The SMILES string of the molecule is COc1c(/C(C)=C/C(=O)Nc2ccc(OC(F)(F)F)cc2)cc2c(-c3ccc(C)cc3)coc2c1C.